The predicted molar refractivity (Wildman–Crippen MR) is 71.8 cm³/mol. The summed E-state index contributed by atoms with van der Waals surface area (Å²) in [6.45, 7) is 5.17. The van der Waals surface area contributed by atoms with Crippen LogP contribution in [0.25, 0.3) is 0 Å². The van der Waals surface area contributed by atoms with Crippen LogP contribution in [-0.4, -0.2) is 22.2 Å². The van der Waals surface area contributed by atoms with Gasteiger partial charge in [-0.3, -0.25) is 9.48 Å². The fourth-order valence-electron chi connectivity index (χ4n) is 1.55. The van der Waals surface area contributed by atoms with Crippen LogP contribution in [-0.2, 0) is 11.3 Å². The zero-order valence-electron chi connectivity index (χ0n) is 10.5. The first-order valence-corrected chi connectivity index (χ1v) is 6.89. The lowest BCUT2D eigenvalue weighted by atomic mass is 10.2. The number of aromatic nitrogens is 2. The molecule has 0 saturated carbocycles. The first kappa shape index (κ1) is 14.2. The molecule has 1 rings (SSSR count). The third-order valence-electron chi connectivity index (χ3n) is 2.69. The summed E-state index contributed by atoms with van der Waals surface area (Å²) in [7, 11) is 0. The lowest BCUT2D eigenvalue weighted by Gasteiger charge is -2.06. The zero-order chi connectivity index (χ0) is 12.7. The summed E-state index contributed by atoms with van der Waals surface area (Å²) in [6.07, 6.45) is 6.41. The van der Waals surface area contributed by atoms with Crippen molar-refractivity contribution < 1.29 is 4.79 Å². The molecule has 1 aromatic heterocycles. The molecular weight excluding hydrogens is 282 g/mol. The molecule has 1 aromatic rings. The zero-order valence-corrected chi connectivity index (χ0v) is 12.1. The van der Waals surface area contributed by atoms with Crippen LogP contribution >= 0.6 is 15.9 Å². The molecule has 0 fully saturated rings. The molecule has 0 aromatic carbocycles. The Morgan fingerprint density at radius 1 is 1.47 bits per heavy atom. The second-order valence-electron chi connectivity index (χ2n) is 4.15. The van der Waals surface area contributed by atoms with Crippen LogP contribution in [0.1, 0.15) is 38.3 Å². The Morgan fingerprint density at radius 2 is 2.24 bits per heavy atom. The van der Waals surface area contributed by atoms with Gasteiger partial charge >= 0.3 is 0 Å². The van der Waals surface area contributed by atoms with Crippen molar-refractivity contribution >= 4 is 21.8 Å². The fourth-order valence-corrected chi connectivity index (χ4v) is 1.85. The quantitative estimate of drug-likeness (QED) is 0.787. The topological polar surface area (TPSA) is 46.9 Å². The Balaban J connectivity index is 2.23. The molecule has 1 amide bonds. The van der Waals surface area contributed by atoms with Crippen LogP contribution in [0.4, 0.5) is 0 Å². The molecule has 0 radical (unpaired) electrons. The maximum Gasteiger partial charge on any atom is 0.241 e. The van der Waals surface area contributed by atoms with Gasteiger partial charge in [-0.15, -0.1) is 0 Å². The first-order chi connectivity index (χ1) is 8.15. The van der Waals surface area contributed by atoms with E-state index < -0.39 is 0 Å². The molecule has 17 heavy (non-hydrogen) atoms. The molecule has 0 aliphatic rings. The molecule has 0 aliphatic carbocycles. The highest BCUT2D eigenvalue weighted by Gasteiger charge is 2.07. The van der Waals surface area contributed by atoms with E-state index in [2.05, 4.69) is 33.3 Å². The van der Waals surface area contributed by atoms with Gasteiger partial charge in [0, 0.05) is 6.54 Å². The average molecular weight is 302 g/mol. The number of hydrogen-bond donors (Lipinski definition) is 1. The molecule has 0 bridgehead atoms. The second-order valence-corrected chi connectivity index (χ2v) is 5.00. The minimum atomic E-state index is 0.0280. The minimum Gasteiger partial charge on any atom is -0.354 e. The largest absolute Gasteiger partial charge is 0.354 e. The van der Waals surface area contributed by atoms with Crippen LogP contribution in [0.5, 0.6) is 0 Å². The number of hydrogen-bond acceptors (Lipinski definition) is 2. The van der Waals surface area contributed by atoms with Crippen molar-refractivity contribution in [2.45, 2.75) is 46.1 Å². The van der Waals surface area contributed by atoms with Gasteiger partial charge in [-0.25, -0.2) is 0 Å². The van der Waals surface area contributed by atoms with Gasteiger partial charge in [0.2, 0.25) is 5.91 Å². The number of halogens is 1. The van der Waals surface area contributed by atoms with Crippen LogP contribution in [0.15, 0.2) is 10.7 Å². The summed E-state index contributed by atoms with van der Waals surface area (Å²) < 4.78 is 2.64. The average Bonchev–Trinajstić information content (AvgIpc) is 2.61. The van der Waals surface area contributed by atoms with E-state index in [1.165, 1.54) is 19.3 Å². The maximum atomic E-state index is 11.6. The van der Waals surface area contributed by atoms with Crippen molar-refractivity contribution in [2.75, 3.05) is 6.54 Å². The van der Waals surface area contributed by atoms with Crippen LogP contribution in [0.2, 0.25) is 0 Å². The van der Waals surface area contributed by atoms with Gasteiger partial charge in [0.1, 0.15) is 6.54 Å². The van der Waals surface area contributed by atoms with E-state index in [1.54, 1.807) is 10.9 Å². The lowest BCUT2D eigenvalue weighted by molar-refractivity contribution is -0.121. The van der Waals surface area contributed by atoms with Crippen molar-refractivity contribution in [2.24, 2.45) is 0 Å². The van der Waals surface area contributed by atoms with Crippen molar-refractivity contribution in [1.29, 1.82) is 0 Å². The van der Waals surface area contributed by atoms with E-state index >= 15 is 0 Å². The predicted octanol–water partition coefficient (Wildman–Crippen LogP) is 2.65. The third-order valence-corrected chi connectivity index (χ3v) is 3.47. The Kier molecular flexibility index (Phi) is 6.26. The number of unbranched alkanes of at least 4 members (excludes halogenated alkanes) is 3. The third kappa shape index (κ3) is 4.89. The van der Waals surface area contributed by atoms with Gasteiger partial charge in [0.05, 0.1) is 16.4 Å². The van der Waals surface area contributed by atoms with Gasteiger partial charge in [-0.05, 0) is 29.3 Å². The Labute approximate surface area is 111 Å². The number of rotatable bonds is 7. The number of carbonyl (C=O) groups excluding carboxylic acids is 1. The summed E-state index contributed by atoms with van der Waals surface area (Å²) in [5, 5.41) is 7.03. The van der Waals surface area contributed by atoms with Crippen LogP contribution < -0.4 is 5.32 Å². The van der Waals surface area contributed by atoms with Crippen molar-refractivity contribution in [3.8, 4) is 0 Å². The molecule has 96 valence electrons. The molecule has 0 aliphatic heterocycles. The lowest BCUT2D eigenvalue weighted by Crippen LogP contribution is -2.29. The Hall–Kier alpha value is -0.840. The molecular formula is C12H20BrN3O. The summed E-state index contributed by atoms with van der Waals surface area (Å²) in [5.74, 6) is 0.0280. The van der Waals surface area contributed by atoms with Gasteiger partial charge < -0.3 is 5.32 Å². The van der Waals surface area contributed by atoms with E-state index in [-0.39, 0.29) is 5.91 Å². The van der Waals surface area contributed by atoms with Gasteiger partial charge in [0.25, 0.3) is 0 Å². The number of nitrogens with zero attached hydrogens (tertiary/aromatic N) is 2. The van der Waals surface area contributed by atoms with Crippen molar-refractivity contribution in [3.63, 3.8) is 0 Å². The van der Waals surface area contributed by atoms with Crippen molar-refractivity contribution in [1.82, 2.24) is 15.1 Å². The normalized spacial score (nSPS) is 10.5. The van der Waals surface area contributed by atoms with Gasteiger partial charge in [-0.1, -0.05) is 26.2 Å². The fraction of sp³-hybridized carbons (Fsp3) is 0.667. The first-order valence-electron chi connectivity index (χ1n) is 6.09. The molecule has 1 heterocycles. The van der Waals surface area contributed by atoms with Crippen LogP contribution in [0.3, 0.4) is 0 Å². The molecule has 0 saturated heterocycles. The van der Waals surface area contributed by atoms with E-state index in [9.17, 15) is 4.79 Å². The number of carbonyl (C=O) groups is 1. The second kappa shape index (κ2) is 7.48. The highest BCUT2D eigenvalue weighted by Crippen LogP contribution is 2.13. The minimum absolute atomic E-state index is 0.0280. The Bertz CT molecular complexity index is 363. The van der Waals surface area contributed by atoms with E-state index in [1.807, 2.05) is 6.92 Å². The molecule has 0 spiro atoms. The highest BCUT2D eigenvalue weighted by molar-refractivity contribution is 9.10. The molecule has 0 atom stereocenters. The number of amides is 1. The van der Waals surface area contributed by atoms with Gasteiger partial charge in [-0.2, -0.15) is 5.10 Å². The summed E-state index contributed by atoms with van der Waals surface area (Å²) in [5.41, 5.74) is 0.978. The maximum absolute atomic E-state index is 11.6. The Morgan fingerprint density at radius 3 is 2.82 bits per heavy atom. The van der Waals surface area contributed by atoms with E-state index in [0.29, 0.717) is 6.54 Å². The van der Waals surface area contributed by atoms with E-state index in [4.69, 9.17) is 0 Å². The molecule has 4 nitrogen and oxygen atoms in total. The van der Waals surface area contributed by atoms with Crippen LogP contribution in [0, 0.1) is 6.92 Å². The molecule has 5 heteroatoms. The van der Waals surface area contributed by atoms with Crippen molar-refractivity contribution in [3.05, 3.63) is 16.4 Å². The summed E-state index contributed by atoms with van der Waals surface area (Å²) in [6, 6.07) is 0. The molecule has 0 unspecified atom stereocenters. The number of nitrogens with one attached hydrogen (secondary N) is 1. The monoisotopic (exact) mass is 301 g/mol. The SMILES string of the molecule is CCCCCCNC(=O)Cn1ncc(Br)c1C. The summed E-state index contributed by atoms with van der Waals surface area (Å²) >= 11 is 3.37. The molecule has 1 N–H and O–H groups in total. The highest BCUT2D eigenvalue weighted by atomic mass is 79.9. The van der Waals surface area contributed by atoms with E-state index in [0.717, 1.165) is 23.1 Å². The standard InChI is InChI=1S/C12H20BrN3O/c1-3-4-5-6-7-14-12(17)9-16-10(2)11(13)8-15-16/h8H,3-7,9H2,1-2H3,(H,14,17). The summed E-state index contributed by atoms with van der Waals surface area (Å²) in [4.78, 5) is 11.6. The smallest absolute Gasteiger partial charge is 0.241 e. The van der Waals surface area contributed by atoms with Gasteiger partial charge in [0.15, 0.2) is 0 Å².